The molecule has 0 radical (unpaired) electrons. The van der Waals surface area contributed by atoms with E-state index in [9.17, 15) is 18.0 Å². The van der Waals surface area contributed by atoms with Gasteiger partial charge in [-0.2, -0.15) is 5.10 Å². The molecule has 0 fully saturated rings. The second kappa shape index (κ2) is 10.6. The van der Waals surface area contributed by atoms with E-state index in [0.717, 1.165) is 29.1 Å². The smallest absolute Gasteiger partial charge is 0.257 e. The summed E-state index contributed by atoms with van der Waals surface area (Å²) < 4.78 is 44.4. The van der Waals surface area contributed by atoms with Gasteiger partial charge in [0.1, 0.15) is 17.5 Å². The summed E-state index contributed by atoms with van der Waals surface area (Å²) in [6.07, 6.45) is 0.654. The highest BCUT2D eigenvalue weighted by molar-refractivity contribution is 5.94. The summed E-state index contributed by atoms with van der Waals surface area (Å²) in [6, 6.07) is 19.2. The highest BCUT2D eigenvalue weighted by Gasteiger charge is 2.28. The molecular weight excluding hydrogens is 477 g/mol. The largest absolute Gasteiger partial charge is 0.333 e. The molecule has 1 aliphatic heterocycles. The molecule has 5 rings (SSSR count). The number of nitrogens with zero attached hydrogens (tertiary/aromatic N) is 4. The fourth-order valence-corrected chi connectivity index (χ4v) is 4.80. The molecule has 0 N–H and O–H groups in total. The number of amides is 1. The molecule has 3 aromatic carbocycles. The number of hydrogen-bond acceptors (Lipinski definition) is 3. The van der Waals surface area contributed by atoms with Crippen molar-refractivity contribution in [2.75, 3.05) is 13.1 Å². The second-order valence-electron chi connectivity index (χ2n) is 9.11. The average molecular weight is 505 g/mol. The zero-order chi connectivity index (χ0) is 25.9. The molecule has 4 aromatic rings. The van der Waals surface area contributed by atoms with E-state index in [-0.39, 0.29) is 18.7 Å². The molecule has 190 valence electrons. The molecule has 2 heterocycles. The predicted molar refractivity (Wildman–Crippen MR) is 135 cm³/mol. The van der Waals surface area contributed by atoms with Crippen LogP contribution in [0.1, 0.15) is 39.8 Å². The Morgan fingerprint density at radius 3 is 2.49 bits per heavy atom. The average Bonchev–Trinajstić information content (AvgIpc) is 3.27. The first-order valence-corrected chi connectivity index (χ1v) is 12.3. The van der Waals surface area contributed by atoms with Crippen LogP contribution in [0.15, 0.2) is 72.8 Å². The standard InChI is InChI=1S/C29H27F3N4O/c1-2-35(29(37)23-10-6-7-11-26(23)32)19-27-24-18-34(17-20-16-21(30)12-13-25(20)31)15-14-28(24)36(33-27)22-8-4-3-5-9-22/h3-13,16H,2,14-15,17-19H2,1H3. The number of carbonyl (C=O) groups excluding carboxylic acids is 1. The van der Waals surface area contributed by atoms with Gasteiger partial charge in [0, 0.05) is 43.7 Å². The Kier molecular flexibility index (Phi) is 7.10. The lowest BCUT2D eigenvalue weighted by Crippen LogP contribution is -2.33. The highest BCUT2D eigenvalue weighted by Crippen LogP contribution is 2.28. The lowest BCUT2D eigenvalue weighted by Gasteiger charge is -2.28. The molecule has 8 heteroatoms. The summed E-state index contributed by atoms with van der Waals surface area (Å²) in [7, 11) is 0. The fraction of sp³-hybridized carbons (Fsp3) is 0.241. The number of benzene rings is 3. The number of rotatable bonds is 7. The van der Waals surface area contributed by atoms with Crippen LogP contribution in [0.4, 0.5) is 13.2 Å². The Morgan fingerprint density at radius 2 is 1.73 bits per heavy atom. The summed E-state index contributed by atoms with van der Waals surface area (Å²) in [6.45, 7) is 3.79. The molecule has 5 nitrogen and oxygen atoms in total. The van der Waals surface area contributed by atoms with Crippen LogP contribution in [0.2, 0.25) is 0 Å². The summed E-state index contributed by atoms with van der Waals surface area (Å²) >= 11 is 0. The minimum atomic E-state index is -0.564. The van der Waals surface area contributed by atoms with Crippen molar-refractivity contribution in [1.82, 2.24) is 19.6 Å². The number of para-hydroxylation sites is 1. The van der Waals surface area contributed by atoms with Gasteiger partial charge in [-0.1, -0.05) is 30.3 Å². The van der Waals surface area contributed by atoms with Crippen molar-refractivity contribution in [2.45, 2.75) is 33.0 Å². The molecule has 0 bridgehead atoms. The molecule has 1 aliphatic rings. The van der Waals surface area contributed by atoms with Crippen molar-refractivity contribution < 1.29 is 18.0 Å². The molecule has 1 amide bonds. The van der Waals surface area contributed by atoms with E-state index in [1.807, 2.05) is 41.9 Å². The van der Waals surface area contributed by atoms with Crippen molar-refractivity contribution in [3.8, 4) is 5.69 Å². The summed E-state index contributed by atoms with van der Waals surface area (Å²) in [4.78, 5) is 16.8. The lowest BCUT2D eigenvalue weighted by molar-refractivity contribution is 0.0745. The van der Waals surface area contributed by atoms with Gasteiger partial charge in [-0.25, -0.2) is 17.9 Å². The topological polar surface area (TPSA) is 41.4 Å². The first kappa shape index (κ1) is 24.8. The number of fused-ring (bicyclic) bond motifs is 1. The maximum absolute atomic E-state index is 14.4. The van der Waals surface area contributed by atoms with E-state index >= 15 is 0 Å². The monoisotopic (exact) mass is 504 g/mol. The van der Waals surface area contributed by atoms with E-state index < -0.39 is 23.4 Å². The van der Waals surface area contributed by atoms with Crippen LogP contribution in [0.3, 0.4) is 0 Å². The molecule has 37 heavy (non-hydrogen) atoms. The van der Waals surface area contributed by atoms with Gasteiger partial charge in [0.15, 0.2) is 0 Å². The first-order chi connectivity index (χ1) is 17.9. The molecule has 0 saturated heterocycles. The third-order valence-corrected chi connectivity index (χ3v) is 6.74. The van der Waals surface area contributed by atoms with Gasteiger partial charge in [-0.15, -0.1) is 0 Å². The molecule has 0 unspecified atom stereocenters. The minimum absolute atomic E-state index is 0.0175. The van der Waals surface area contributed by atoms with Crippen molar-refractivity contribution in [3.05, 3.63) is 118 Å². The zero-order valence-electron chi connectivity index (χ0n) is 20.5. The van der Waals surface area contributed by atoms with Crippen LogP contribution in [-0.2, 0) is 26.1 Å². The Hall–Kier alpha value is -3.91. The maximum Gasteiger partial charge on any atom is 0.257 e. The SMILES string of the molecule is CCN(Cc1nn(-c2ccccc2)c2c1CN(Cc1cc(F)ccc1F)CC2)C(=O)c1ccccc1F. The first-order valence-electron chi connectivity index (χ1n) is 12.3. The van der Waals surface area contributed by atoms with E-state index in [0.29, 0.717) is 37.3 Å². The van der Waals surface area contributed by atoms with Gasteiger partial charge in [0.2, 0.25) is 0 Å². The maximum atomic E-state index is 14.4. The Bertz CT molecular complexity index is 1420. The van der Waals surface area contributed by atoms with Crippen LogP contribution in [0, 0.1) is 17.5 Å². The number of aromatic nitrogens is 2. The van der Waals surface area contributed by atoms with Gasteiger partial charge in [-0.3, -0.25) is 9.69 Å². The zero-order valence-corrected chi connectivity index (χ0v) is 20.5. The van der Waals surface area contributed by atoms with Crippen LogP contribution in [0.5, 0.6) is 0 Å². The minimum Gasteiger partial charge on any atom is -0.333 e. The van der Waals surface area contributed by atoms with Crippen molar-refractivity contribution in [3.63, 3.8) is 0 Å². The molecular formula is C29H27F3N4O. The molecule has 0 atom stereocenters. The molecule has 0 saturated carbocycles. The fourth-order valence-electron chi connectivity index (χ4n) is 4.80. The quantitative estimate of drug-likeness (QED) is 0.333. The third-order valence-electron chi connectivity index (χ3n) is 6.74. The summed E-state index contributed by atoms with van der Waals surface area (Å²) in [5.41, 5.74) is 3.89. The van der Waals surface area contributed by atoms with E-state index in [4.69, 9.17) is 5.10 Å². The van der Waals surface area contributed by atoms with Crippen LogP contribution in [-0.4, -0.2) is 38.6 Å². The van der Waals surface area contributed by atoms with E-state index in [1.54, 1.807) is 17.0 Å². The van der Waals surface area contributed by atoms with Crippen molar-refractivity contribution in [2.24, 2.45) is 0 Å². The van der Waals surface area contributed by atoms with Gasteiger partial charge in [0.05, 0.1) is 29.2 Å². The third kappa shape index (κ3) is 5.15. The highest BCUT2D eigenvalue weighted by atomic mass is 19.1. The summed E-state index contributed by atoms with van der Waals surface area (Å²) in [5.74, 6) is -1.89. The van der Waals surface area contributed by atoms with Gasteiger partial charge in [-0.05, 0) is 49.4 Å². The molecule has 1 aromatic heterocycles. The molecule has 0 aliphatic carbocycles. The van der Waals surface area contributed by atoms with Crippen LogP contribution < -0.4 is 0 Å². The Balaban J connectivity index is 1.48. The Morgan fingerprint density at radius 1 is 0.973 bits per heavy atom. The predicted octanol–water partition coefficient (Wildman–Crippen LogP) is 5.51. The van der Waals surface area contributed by atoms with E-state index in [2.05, 4.69) is 4.90 Å². The van der Waals surface area contributed by atoms with E-state index in [1.165, 1.54) is 18.2 Å². The lowest BCUT2D eigenvalue weighted by atomic mass is 10.0. The second-order valence-corrected chi connectivity index (χ2v) is 9.11. The van der Waals surface area contributed by atoms with Gasteiger partial charge >= 0.3 is 0 Å². The van der Waals surface area contributed by atoms with Crippen LogP contribution >= 0.6 is 0 Å². The normalized spacial score (nSPS) is 13.4. The number of carbonyl (C=O) groups is 1. The van der Waals surface area contributed by atoms with Crippen LogP contribution in [0.25, 0.3) is 5.69 Å². The van der Waals surface area contributed by atoms with Crippen molar-refractivity contribution in [1.29, 1.82) is 0 Å². The number of halogens is 3. The summed E-state index contributed by atoms with van der Waals surface area (Å²) in [5, 5.41) is 4.89. The Labute approximate surface area is 213 Å². The number of hydrogen-bond donors (Lipinski definition) is 0. The van der Waals surface area contributed by atoms with Gasteiger partial charge < -0.3 is 4.90 Å². The van der Waals surface area contributed by atoms with Gasteiger partial charge in [0.25, 0.3) is 5.91 Å². The van der Waals surface area contributed by atoms with Crippen molar-refractivity contribution >= 4 is 5.91 Å². The molecule has 0 spiro atoms.